The van der Waals surface area contributed by atoms with Crippen molar-refractivity contribution < 1.29 is 29.4 Å². The summed E-state index contributed by atoms with van der Waals surface area (Å²) in [5, 5.41) is 27.3. The number of nitrogens with zero attached hydrogens (tertiary/aromatic N) is 1. The summed E-state index contributed by atoms with van der Waals surface area (Å²) in [5.41, 5.74) is -0.308. The van der Waals surface area contributed by atoms with Gasteiger partial charge in [-0.15, -0.1) is 0 Å². The summed E-state index contributed by atoms with van der Waals surface area (Å²) < 4.78 is 5.31. The van der Waals surface area contributed by atoms with Crippen LogP contribution < -0.4 is 0 Å². The van der Waals surface area contributed by atoms with Crippen LogP contribution in [0.3, 0.4) is 0 Å². The highest BCUT2D eigenvalue weighted by Gasteiger charge is 2.68. The van der Waals surface area contributed by atoms with Crippen molar-refractivity contribution in [1.82, 2.24) is 0 Å². The Bertz CT molecular complexity index is 889. The molecule has 1 heterocycles. The summed E-state index contributed by atoms with van der Waals surface area (Å²) in [7, 11) is 0. The summed E-state index contributed by atoms with van der Waals surface area (Å²) in [6.45, 7) is 5.18. The van der Waals surface area contributed by atoms with Crippen molar-refractivity contribution >= 4 is 17.3 Å². The first kappa shape index (κ1) is 23.2. The molecule has 0 spiro atoms. The van der Waals surface area contributed by atoms with Gasteiger partial charge in [0.2, 0.25) is 5.78 Å². The third kappa shape index (κ3) is 3.53. The number of hydrogen-bond acceptors (Lipinski definition) is 7. The highest BCUT2D eigenvalue weighted by molar-refractivity contribution is 5.92. The molecule has 0 aromatic carbocycles. The van der Waals surface area contributed by atoms with Crippen molar-refractivity contribution in [2.45, 2.75) is 83.3 Å². The second-order valence-electron chi connectivity index (χ2n) is 11.4. The molecular weight excluding hydrogens is 422 g/mol. The topological polar surface area (TPSA) is 105 Å². The predicted octanol–water partition coefficient (Wildman–Crippen LogP) is 2.97. The largest absolute Gasteiger partial charge is 0.393 e. The lowest BCUT2D eigenvalue weighted by atomic mass is 9.45. The Morgan fingerprint density at radius 3 is 2.70 bits per heavy atom. The van der Waals surface area contributed by atoms with Crippen LogP contribution in [0.2, 0.25) is 0 Å². The van der Waals surface area contributed by atoms with Gasteiger partial charge in [-0.3, -0.25) is 9.59 Å². The normalized spacial score (nSPS) is 44.9. The van der Waals surface area contributed by atoms with Gasteiger partial charge in [-0.2, -0.15) is 0 Å². The van der Waals surface area contributed by atoms with Crippen molar-refractivity contribution in [3.05, 3.63) is 11.6 Å². The summed E-state index contributed by atoms with van der Waals surface area (Å²) in [4.78, 5) is 30.7. The van der Waals surface area contributed by atoms with Crippen LogP contribution in [0, 0.1) is 28.6 Å². The van der Waals surface area contributed by atoms with Crippen LogP contribution >= 0.6 is 0 Å². The van der Waals surface area contributed by atoms with E-state index in [1.54, 1.807) is 0 Å². The molecule has 0 amide bonds. The molecule has 182 valence electrons. The number of fused-ring (bicyclic) bond motifs is 5. The standard InChI is InChI=1S/C26H37NO6/c1-24-9-5-18(28)13-16(24)3-4-19-20-6-10-26(31,25(20,2)14-21(29)23(19)24)22(30)15-33-27-17-7-11-32-12-8-17/h13,19-21,23,29,31H,3-12,14-15H2,1-2H3/t19?,20?,21?,23?,24?,25?,26-/m0/s1. The number of ether oxygens (including phenoxy) is 1. The Morgan fingerprint density at radius 2 is 1.94 bits per heavy atom. The molecule has 5 rings (SSSR count). The van der Waals surface area contributed by atoms with E-state index in [0.29, 0.717) is 45.3 Å². The molecule has 0 radical (unpaired) electrons. The van der Waals surface area contributed by atoms with Crippen molar-refractivity contribution in [2.75, 3.05) is 19.8 Å². The Kier molecular flexibility index (Phi) is 5.82. The zero-order chi connectivity index (χ0) is 23.4. The number of Topliss-reactive ketones (excluding diaryl/α,β-unsaturated/α-hetero) is 1. The molecule has 1 saturated heterocycles. The summed E-state index contributed by atoms with van der Waals surface area (Å²) >= 11 is 0. The third-order valence-electron chi connectivity index (χ3n) is 9.97. The van der Waals surface area contributed by atoms with Crippen LogP contribution in [-0.4, -0.2) is 59.0 Å². The lowest BCUT2D eigenvalue weighted by Crippen LogP contribution is -2.62. The lowest BCUT2D eigenvalue weighted by Gasteiger charge is -2.60. The first-order chi connectivity index (χ1) is 15.7. The molecule has 4 fully saturated rings. The van der Waals surface area contributed by atoms with Crippen LogP contribution in [-0.2, 0) is 19.2 Å². The molecule has 1 aliphatic heterocycles. The molecule has 7 nitrogen and oxygen atoms in total. The molecule has 2 N–H and O–H groups in total. The van der Waals surface area contributed by atoms with Gasteiger partial charge in [-0.05, 0) is 67.8 Å². The number of oxime groups is 1. The van der Waals surface area contributed by atoms with Gasteiger partial charge in [0.1, 0.15) is 5.60 Å². The number of rotatable bonds is 4. The molecule has 7 heteroatoms. The minimum absolute atomic E-state index is 0.0669. The van der Waals surface area contributed by atoms with Crippen molar-refractivity contribution in [2.24, 2.45) is 33.7 Å². The number of carbonyl (C=O) groups is 2. The van der Waals surface area contributed by atoms with E-state index in [9.17, 15) is 19.8 Å². The summed E-state index contributed by atoms with van der Waals surface area (Å²) in [5.74, 6) is 0.330. The van der Waals surface area contributed by atoms with Crippen molar-refractivity contribution in [1.29, 1.82) is 0 Å². The predicted molar refractivity (Wildman–Crippen MR) is 121 cm³/mol. The van der Waals surface area contributed by atoms with Gasteiger partial charge in [0.05, 0.1) is 25.0 Å². The monoisotopic (exact) mass is 459 g/mol. The van der Waals surface area contributed by atoms with Gasteiger partial charge < -0.3 is 19.8 Å². The Balaban J connectivity index is 1.35. The average Bonchev–Trinajstić information content (AvgIpc) is 3.06. The van der Waals surface area contributed by atoms with Gasteiger partial charge in [-0.25, -0.2) is 0 Å². The Labute approximate surface area is 195 Å². The van der Waals surface area contributed by atoms with E-state index < -0.39 is 17.1 Å². The fourth-order valence-corrected chi connectivity index (χ4v) is 8.15. The van der Waals surface area contributed by atoms with E-state index in [4.69, 9.17) is 9.57 Å². The van der Waals surface area contributed by atoms with Gasteiger partial charge in [-0.1, -0.05) is 24.6 Å². The smallest absolute Gasteiger partial charge is 0.204 e. The molecule has 3 saturated carbocycles. The molecule has 0 aromatic heterocycles. The molecule has 6 unspecified atom stereocenters. The highest BCUT2D eigenvalue weighted by atomic mass is 16.6. The molecular formula is C26H37NO6. The molecule has 0 bridgehead atoms. The van der Waals surface area contributed by atoms with E-state index in [-0.39, 0.29) is 41.3 Å². The number of hydrogen-bond donors (Lipinski definition) is 2. The fraction of sp³-hybridized carbons (Fsp3) is 0.808. The number of aliphatic hydroxyl groups excluding tert-OH is 1. The molecule has 5 aliphatic rings. The molecule has 33 heavy (non-hydrogen) atoms. The Morgan fingerprint density at radius 1 is 1.18 bits per heavy atom. The molecule has 7 atom stereocenters. The van der Waals surface area contributed by atoms with Crippen LogP contribution in [0.4, 0.5) is 0 Å². The quantitative estimate of drug-likeness (QED) is 0.626. The maximum Gasteiger partial charge on any atom is 0.204 e. The zero-order valence-electron chi connectivity index (χ0n) is 19.8. The van der Waals surface area contributed by atoms with Crippen LogP contribution in [0.1, 0.15) is 71.6 Å². The van der Waals surface area contributed by atoms with Crippen LogP contribution in [0.25, 0.3) is 0 Å². The van der Waals surface area contributed by atoms with Gasteiger partial charge in [0, 0.05) is 24.7 Å². The fourth-order valence-electron chi connectivity index (χ4n) is 8.15. The van der Waals surface area contributed by atoms with E-state index >= 15 is 0 Å². The molecule has 0 aromatic rings. The minimum Gasteiger partial charge on any atom is -0.393 e. The SMILES string of the molecule is CC12CCC(=O)C=C1CCC1C2C(O)CC2(C)C1CC[C@]2(O)C(=O)CON=C1CCOCC1. The highest BCUT2D eigenvalue weighted by Crippen LogP contribution is 2.67. The van der Waals surface area contributed by atoms with E-state index in [1.165, 1.54) is 5.57 Å². The average molecular weight is 460 g/mol. The second kappa shape index (κ2) is 8.28. The third-order valence-corrected chi connectivity index (χ3v) is 9.97. The first-order valence-electron chi connectivity index (χ1n) is 12.6. The van der Waals surface area contributed by atoms with Crippen molar-refractivity contribution in [3.8, 4) is 0 Å². The van der Waals surface area contributed by atoms with Gasteiger partial charge in [0.25, 0.3) is 0 Å². The van der Waals surface area contributed by atoms with Crippen molar-refractivity contribution in [3.63, 3.8) is 0 Å². The number of ketones is 2. The van der Waals surface area contributed by atoms with Crippen LogP contribution in [0.5, 0.6) is 0 Å². The lowest BCUT2D eigenvalue weighted by molar-refractivity contribution is -0.183. The van der Waals surface area contributed by atoms with E-state index in [0.717, 1.165) is 31.4 Å². The minimum atomic E-state index is -1.51. The second-order valence-corrected chi connectivity index (χ2v) is 11.4. The zero-order valence-corrected chi connectivity index (χ0v) is 19.8. The van der Waals surface area contributed by atoms with Gasteiger partial charge in [0.15, 0.2) is 12.4 Å². The van der Waals surface area contributed by atoms with Gasteiger partial charge >= 0.3 is 0 Å². The number of carbonyl (C=O) groups excluding carboxylic acids is 2. The molecule has 4 aliphatic carbocycles. The van der Waals surface area contributed by atoms with E-state index in [2.05, 4.69) is 12.1 Å². The summed E-state index contributed by atoms with van der Waals surface area (Å²) in [6.07, 6.45) is 7.25. The maximum atomic E-state index is 13.3. The Hall–Kier alpha value is -1.57. The first-order valence-corrected chi connectivity index (χ1v) is 12.6. The summed E-state index contributed by atoms with van der Waals surface area (Å²) in [6, 6.07) is 0. The van der Waals surface area contributed by atoms with Crippen LogP contribution in [0.15, 0.2) is 16.8 Å². The number of allylic oxidation sites excluding steroid dienone is 1. The number of aliphatic hydroxyl groups is 2. The maximum absolute atomic E-state index is 13.3. The van der Waals surface area contributed by atoms with E-state index in [1.807, 2.05) is 13.0 Å².